The van der Waals surface area contributed by atoms with E-state index in [4.69, 9.17) is 0 Å². The van der Waals surface area contributed by atoms with Crippen LogP contribution < -0.4 is 0 Å². The van der Waals surface area contributed by atoms with Crippen molar-refractivity contribution in [3.8, 4) is 0 Å². The quantitative estimate of drug-likeness (QED) is 0.533. The molecule has 33 heavy (non-hydrogen) atoms. The highest BCUT2D eigenvalue weighted by molar-refractivity contribution is 5.92. The van der Waals surface area contributed by atoms with Gasteiger partial charge in [-0.3, -0.25) is 14.4 Å². The fourth-order valence-electron chi connectivity index (χ4n) is 5.18. The summed E-state index contributed by atoms with van der Waals surface area (Å²) < 4.78 is 1.71. The normalized spacial score (nSPS) is 16.0. The summed E-state index contributed by atoms with van der Waals surface area (Å²) in [5.41, 5.74) is 5.51. The molecule has 0 N–H and O–H groups in total. The van der Waals surface area contributed by atoms with E-state index < -0.39 is 0 Å². The minimum absolute atomic E-state index is 0.0567. The van der Waals surface area contributed by atoms with Crippen LogP contribution in [0.5, 0.6) is 0 Å². The highest BCUT2D eigenvalue weighted by atomic mass is 16.2. The molecular weight excluding hydrogens is 408 g/mol. The van der Waals surface area contributed by atoms with Crippen LogP contribution in [-0.2, 0) is 20.0 Å². The number of benzene rings is 2. The van der Waals surface area contributed by atoms with E-state index in [1.54, 1.807) is 4.68 Å². The number of carbonyl (C=O) groups excluding carboxylic acids is 1. The van der Waals surface area contributed by atoms with Gasteiger partial charge in [-0.1, -0.05) is 60.2 Å². The number of likely N-dealkylation sites (tertiary alicyclic amines) is 1. The molecule has 0 aliphatic carbocycles. The van der Waals surface area contributed by atoms with Crippen molar-refractivity contribution >= 4 is 5.91 Å². The summed E-state index contributed by atoms with van der Waals surface area (Å²) in [4.78, 5) is 18.0. The van der Waals surface area contributed by atoms with Crippen molar-refractivity contribution in [3.05, 3.63) is 88.7 Å². The van der Waals surface area contributed by atoms with Crippen LogP contribution in [0.2, 0.25) is 0 Å². The lowest BCUT2D eigenvalue weighted by Crippen LogP contribution is -2.47. The molecule has 1 amide bonds. The predicted octanol–water partition coefficient (Wildman–Crippen LogP) is 4.63. The third kappa shape index (κ3) is 5.72. The average Bonchev–Trinajstić information content (AvgIpc) is 3.15. The Bertz CT molecular complexity index is 1070. The molecule has 0 spiro atoms. The van der Waals surface area contributed by atoms with Gasteiger partial charge in [0, 0.05) is 26.7 Å². The van der Waals surface area contributed by atoms with Crippen LogP contribution in [0, 0.1) is 19.8 Å². The highest BCUT2D eigenvalue weighted by Crippen LogP contribution is 2.28. The van der Waals surface area contributed by atoms with Crippen molar-refractivity contribution < 1.29 is 4.79 Å². The molecular formula is C28H36N4O. The molecule has 1 aromatic heterocycles. The molecule has 1 atom stereocenters. The summed E-state index contributed by atoms with van der Waals surface area (Å²) in [6.07, 6.45) is 3.08. The Morgan fingerprint density at radius 1 is 1.03 bits per heavy atom. The smallest absolute Gasteiger partial charge is 0.272 e. The van der Waals surface area contributed by atoms with Gasteiger partial charge in [0.25, 0.3) is 5.91 Å². The van der Waals surface area contributed by atoms with Gasteiger partial charge in [-0.25, -0.2) is 0 Å². The molecule has 5 heteroatoms. The molecule has 5 nitrogen and oxygen atoms in total. The molecule has 1 aliphatic rings. The van der Waals surface area contributed by atoms with E-state index in [1.165, 1.54) is 16.7 Å². The lowest BCUT2D eigenvalue weighted by molar-refractivity contribution is 0.0575. The van der Waals surface area contributed by atoms with E-state index in [0.717, 1.165) is 44.6 Å². The Balaban J connectivity index is 1.48. The zero-order valence-corrected chi connectivity index (χ0v) is 20.4. The van der Waals surface area contributed by atoms with Gasteiger partial charge in [0.15, 0.2) is 0 Å². The van der Waals surface area contributed by atoms with E-state index in [-0.39, 0.29) is 11.9 Å². The average molecular weight is 445 g/mol. The lowest BCUT2D eigenvalue weighted by atomic mass is 9.84. The number of aromatic nitrogens is 2. The molecule has 3 aromatic rings. The topological polar surface area (TPSA) is 41.4 Å². The van der Waals surface area contributed by atoms with E-state index in [2.05, 4.69) is 71.5 Å². The summed E-state index contributed by atoms with van der Waals surface area (Å²) in [5, 5.41) is 4.39. The maximum Gasteiger partial charge on any atom is 0.272 e. The molecule has 2 heterocycles. The minimum Gasteiger partial charge on any atom is -0.337 e. The number of hydrogen-bond donors (Lipinski definition) is 0. The molecule has 4 rings (SSSR count). The minimum atomic E-state index is 0.0567. The van der Waals surface area contributed by atoms with Gasteiger partial charge in [0.2, 0.25) is 0 Å². The Labute approximate surface area is 198 Å². The van der Waals surface area contributed by atoms with Gasteiger partial charge in [-0.15, -0.1) is 0 Å². The van der Waals surface area contributed by atoms with Crippen molar-refractivity contribution in [2.45, 2.75) is 45.7 Å². The number of piperidine rings is 1. The van der Waals surface area contributed by atoms with Crippen LogP contribution in [0.15, 0.2) is 60.7 Å². The van der Waals surface area contributed by atoms with Crippen LogP contribution in [-0.4, -0.2) is 51.7 Å². The van der Waals surface area contributed by atoms with Gasteiger partial charge < -0.3 is 4.90 Å². The Hall–Kier alpha value is -2.92. The van der Waals surface area contributed by atoms with E-state index >= 15 is 0 Å². The van der Waals surface area contributed by atoms with Crippen LogP contribution >= 0.6 is 0 Å². The number of likely N-dealkylation sites (N-methyl/N-ethyl adjacent to an activating group) is 1. The van der Waals surface area contributed by atoms with Gasteiger partial charge in [-0.2, -0.15) is 5.10 Å². The SMILES string of the molecule is Cc1cccc(CN2CCC(C(Cc3ccccc3)N(C)C(=O)c3cc(C)nn3C)CC2)c1. The first-order valence-corrected chi connectivity index (χ1v) is 12.0. The second-order valence-corrected chi connectivity index (χ2v) is 9.57. The summed E-state index contributed by atoms with van der Waals surface area (Å²) >= 11 is 0. The third-order valence-corrected chi connectivity index (χ3v) is 6.99. The van der Waals surface area contributed by atoms with E-state index in [0.29, 0.717) is 11.6 Å². The Kier molecular flexibility index (Phi) is 7.29. The van der Waals surface area contributed by atoms with Crippen LogP contribution in [0.3, 0.4) is 0 Å². The van der Waals surface area contributed by atoms with Gasteiger partial charge >= 0.3 is 0 Å². The standard InChI is InChI=1S/C28H36N4O/c1-21-9-8-12-24(17-21)20-32-15-13-25(14-16-32)26(19-23-10-6-5-7-11-23)30(3)28(33)27-18-22(2)29-31(27)4/h5-12,17-18,25-26H,13-16,19-20H2,1-4H3. The molecule has 174 valence electrons. The highest BCUT2D eigenvalue weighted by Gasteiger charge is 2.32. The van der Waals surface area contributed by atoms with E-state index in [1.807, 2.05) is 32.0 Å². The summed E-state index contributed by atoms with van der Waals surface area (Å²) in [6, 6.07) is 21.4. The maximum atomic E-state index is 13.4. The largest absolute Gasteiger partial charge is 0.337 e. The number of nitrogens with zero attached hydrogens (tertiary/aromatic N) is 4. The predicted molar refractivity (Wildman–Crippen MR) is 133 cm³/mol. The first-order valence-electron chi connectivity index (χ1n) is 12.0. The summed E-state index contributed by atoms with van der Waals surface area (Å²) in [6.45, 7) is 7.22. The molecule has 1 fully saturated rings. The molecule has 0 radical (unpaired) electrons. The van der Waals surface area contributed by atoms with Crippen molar-refractivity contribution in [2.75, 3.05) is 20.1 Å². The maximum absolute atomic E-state index is 13.4. The summed E-state index contributed by atoms with van der Waals surface area (Å²) in [7, 11) is 3.82. The van der Waals surface area contributed by atoms with Crippen molar-refractivity contribution in [1.29, 1.82) is 0 Å². The second kappa shape index (κ2) is 10.3. The molecule has 1 aliphatic heterocycles. The molecule has 1 unspecified atom stereocenters. The molecule has 0 bridgehead atoms. The van der Waals surface area contributed by atoms with Gasteiger partial charge in [-0.05, 0) is 69.3 Å². The molecule has 2 aromatic carbocycles. The first kappa shape index (κ1) is 23.2. The second-order valence-electron chi connectivity index (χ2n) is 9.57. The van der Waals surface area contributed by atoms with E-state index in [9.17, 15) is 4.79 Å². The number of carbonyl (C=O) groups is 1. The zero-order chi connectivity index (χ0) is 23.4. The summed E-state index contributed by atoms with van der Waals surface area (Å²) in [5.74, 6) is 0.531. The number of amides is 1. The van der Waals surface area contributed by atoms with Crippen LogP contribution in [0.25, 0.3) is 0 Å². The number of aryl methyl sites for hydroxylation is 3. The molecule has 1 saturated heterocycles. The van der Waals surface area contributed by atoms with Crippen molar-refractivity contribution in [1.82, 2.24) is 19.6 Å². The van der Waals surface area contributed by atoms with Gasteiger partial charge in [0.05, 0.1) is 5.69 Å². The third-order valence-electron chi connectivity index (χ3n) is 6.99. The lowest BCUT2D eigenvalue weighted by Gasteiger charge is -2.40. The zero-order valence-electron chi connectivity index (χ0n) is 20.4. The number of hydrogen-bond acceptors (Lipinski definition) is 3. The van der Waals surface area contributed by atoms with Crippen molar-refractivity contribution in [3.63, 3.8) is 0 Å². The number of rotatable bonds is 7. The van der Waals surface area contributed by atoms with Gasteiger partial charge in [0.1, 0.15) is 5.69 Å². The first-order chi connectivity index (χ1) is 15.9. The Morgan fingerprint density at radius 2 is 1.73 bits per heavy atom. The monoisotopic (exact) mass is 444 g/mol. The fraction of sp³-hybridized carbons (Fsp3) is 0.429. The van der Waals surface area contributed by atoms with Crippen LogP contribution in [0.4, 0.5) is 0 Å². The Morgan fingerprint density at radius 3 is 2.36 bits per heavy atom. The van der Waals surface area contributed by atoms with Crippen LogP contribution in [0.1, 0.15) is 45.7 Å². The molecule has 0 saturated carbocycles. The fourth-order valence-corrected chi connectivity index (χ4v) is 5.18. The van der Waals surface area contributed by atoms with Crippen molar-refractivity contribution in [2.24, 2.45) is 13.0 Å².